The number of anilines is 3. The third kappa shape index (κ3) is 6.04. The van der Waals surface area contributed by atoms with Gasteiger partial charge in [-0.15, -0.1) is 0 Å². The number of furan rings is 1. The molecular formula is C60H39NO. The van der Waals surface area contributed by atoms with Crippen molar-refractivity contribution < 1.29 is 4.42 Å². The molecule has 0 spiro atoms. The van der Waals surface area contributed by atoms with Gasteiger partial charge in [0.2, 0.25) is 0 Å². The van der Waals surface area contributed by atoms with Crippen LogP contribution in [0.1, 0.15) is 0 Å². The van der Waals surface area contributed by atoms with Crippen LogP contribution in [-0.2, 0) is 0 Å². The van der Waals surface area contributed by atoms with Crippen LogP contribution in [0.2, 0.25) is 0 Å². The molecule has 2 heteroatoms. The SMILES string of the molecule is c1ccc(-c2ccc(N(c3ccc(-c4cccc5ccccc45)cc3)c3cccc(-c4cc5ccccc5c5ccccc45)c3-c3ccc4oc5ccccc5c4c3)cc2)cc1. The zero-order valence-electron chi connectivity index (χ0n) is 33.9. The largest absolute Gasteiger partial charge is 0.456 e. The molecule has 0 aliphatic carbocycles. The predicted molar refractivity (Wildman–Crippen MR) is 263 cm³/mol. The van der Waals surface area contributed by atoms with Crippen molar-refractivity contribution in [2.24, 2.45) is 0 Å². The van der Waals surface area contributed by atoms with Crippen molar-refractivity contribution in [3.05, 3.63) is 237 Å². The summed E-state index contributed by atoms with van der Waals surface area (Å²) < 4.78 is 6.39. The molecule has 0 aliphatic heterocycles. The van der Waals surface area contributed by atoms with Crippen LogP contribution >= 0.6 is 0 Å². The molecule has 12 aromatic rings. The van der Waals surface area contributed by atoms with E-state index in [2.05, 4.69) is 235 Å². The average molecular weight is 790 g/mol. The van der Waals surface area contributed by atoms with E-state index in [1.165, 1.54) is 60.1 Å². The van der Waals surface area contributed by atoms with Gasteiger partial charge in [-0.05, 0) is 126 Å². The second kappa shape index (κ2) is 14.8. The molecule has 0 saturated carbocycles. The van der Waals surface area contributed by atoms with Gasteiger partial charge in [-0.2, -0.15) is 0 Å². The van der Waals surface area contributed by atoms with E-state index < -0.39 is 0 Å². The fourth-order valence-electron chi connectivity index (χ4n) is 9.54. The van der Waals surface area contributed by atoms with E-state index in [1.54, 1.807) is 0 Å². The van der Waals surface area contributed by atoms with Crippen molar-refractivity contribution >= 4 is 71.3 Å². The Morgan fingerprint density at radius 2 is 0.823 bits per heavy atom. The third-order valence-corrected chi connectivity index (χ3v) is 12.5. The molecule has 1 heterocycles. The first-order chi connectivity index (χ1) is 30.7. The summed E-state index contributed by atoms with van der Waals surface area (Å²) >= 11 is 0. The quantitative estimate of drug-likeness (QED) is 0.150. The zero-order valence-corrected chi connectivity index (χ0v) is 33.9. The van der Waals surface area contributed by atoms with E-state index in [0.29, 0.717) is 0 Å². The standard InChI is InChI=1S/C60H39NO/c1-2-14-40(15-3-1)41-28-33-46(34-29-41)61(47-35-30-43(31-36-47)49-24-12-18-42-16-4-6-19-48(42)49)57-26-13-25-54(55-38-44-17-5-7-20-50(44)51-21-8-9-22-52(51)55)60(57)45-32-37-59-56(39-45)53-23-10-11-27-58(53)62-59/h1-39H. The first-order valence-electron chi connectivity index (χ1n) is 21.2. The van der Waals surface area contributed by atoms with Gasteiger partial charge in [-0.3, -0.25) is 0 Å². The van der Waals surface area contributed by atoms with E-state index in [1.807, 2.05) is 6.07 Å². The van der Waals surface area contributed by atoms with E-state index in [0.717, 1.165) is 55.7 Å². The topological polar surface area (TPSA) is 16.4 Å². The van der Waals surface area contributed by atoms with Crippen molar-refractivity contribution in [1.82, 2.24) is 0 Å². The van der Waals surface area contributed by atoms with Crippen LogP contribution in [0.3, 0.4) is 0 Å². The molecule has 0 fully saturated rings. The van der Waals surface area contributed by atoms with Crippen molar-refractivity contribution in [1.29, 1.82) is 0 Å². The lowest BCUT2D eigenvalue weighted by Crippen LogP contribution is -2.12. The molecule has 2 nitrogen and oxygen atoms in total. The Morgan fingerprint density at radius 3 is 1.61 bits per heavy atom. The number of para-hydroxylation sites is 1. The van der Waals surface area contributed by atoms with Crippen molar-refractivity contribution in [3.63, 3.8) is 0 Å². The molecule has 0 saturated heterocycles. The Morgan fingerprint density at radius 1 is 0.274 bits per heavy atom. The Balaban J connectivity index is 1.13. The monoisotopic (exact) mass is 789 g/mol. The summed E-state index contributed by atoms with van der Waals surface area (Å²) in [5.74, 6) is 0. The molecule has 62 heavy (non-hydrogen) atoms. The fourth-order valence-corrected chi connectivity index (χ4v) is 9.54. The molecule has 290 valence electrons. The van der Waals surface area contributed by atoms with Gasteiger partial charge in [0, 0.05) is 27.7 Å². The Hall–Kier alpha value is -8.20. The summed E-state index contributed by atoms with van der Waals surface area (Å²) in [5, 5.41) is 9.61. The summed E-state index contributed by atoms with van der Waals surface area (Å²) in [5.41, 5.74) is 14.4. The molecule has 0 amide bonds. The normalized spacial score (nSPS) is 11.5. The van der Waals surface area contributed by atoms with Gasteiger partial charge in [0.25, 0.3) is 0 Å². The molecule has 1 aromatic heterocycles. The zero-order chi connectivity index (χ0) is 41.0. The van der Waals surface area contributed by atoms with Crippen LogP contribution in [0.15, 0.2) is 241 Å². The second-order valence-corrected chi connectivity index (χ2v) is 16.0. The lowest BCUT2D eigenvalue weighted by molar-refractivity contribution is 0.669. The lowest BCUT2D eigenvalue weighted by Gasteiger charge is -2.30. The lowest BCUT2D eigenvalue weighted by atomic mass is 9.87. The predicted octanol–water partition coefficient (Wildman–Crippen LogP) is 17.2. The van der Waals surface area contributed by atoms with E-state index in [9.17, 15) is 0 Å². The van der Waals surface area contributed by atoms with Crippen molar-refractivity contribution in [3.8, 4) is 44.5 Å². The number of hydrogen-bond acceptors (Lipinski definition) is 2. The van der Waals surface area contributed by atoms with E-state index >= 15 is 0 Å². The highest BCUT2D eigenvalue weighted by Crippen LogP contribution is 2.49. The first kappa shape index (κ1) is 35.7. The highest BCUT2D eigenvalue weighted by Gasteiger charge is 2.23. The number of benzene rings is 11. The van der Waals surface area contributed by atoms with Gasteiger partial charge >= 0.3 is 0 Å². The molecule has 0 bridgehead atoms. The summed E-state index contributed by atoms with van der Waals surface area (Å²) in [6.07, 6.45) is 0. The maximum Gasteiger partial charge on any atom is 0.135 e. The Bertz CT molecular complexity index is 3610. The molecule has 0 atom stereocenters. The maximum absolute atomic E-state index is 6.39. The highest BCUT2D eigenvalue weighted by molar-refractivity contribution is 6.16. The maximum atomic E-state index is 6.39. The van der Waals surface area contributed by atoms with Crippen LogP contribution in [0.4, 0.5) is 17.1 Å². The minimum Gasteiger partial charge on any atom is -0.456 e. The molecule has 0 aliphatic rings. The Kier molecular flexibility index (Phi) is 8.53. The smallest absolute Gasteiger partial charge is 0.135 e. The van der Waals surface area contributed by atoms with Crippen LogP contribution in [0.25, 0.3) is 98.8 Å². The van der Waals surface area contributed by atoms with Crippen molar-refractivity contribution in [2.45, 2.75) is 0 Å². The van der Waals surface area contributed by atoms with Gasteiger partial charge in [0.15, 0.2) is 0 Å². The minimum absolute atomic E-state index is 0.877. The summed E-state index contributed by atoms with van der Waals surface area (Å²) in [6, 6.07) is 85.7. The molecule has 0 N–H and O–H groups in total. The molecular weight excluding hydrogens is 751 g/mol. The summed E-state index contributed by atoms with van der Waals surface area (Å²) in [7, 11) is 0. The molecule has 0 unspecified atom stereocenters. The van der Waals surface area contributed by atoms with Gasteiger partial charge in [0.1, 0.15) is 11.2 Å². The molecule has 11 aromatic carbocycles. The number of rotatable bonds is 7. The minimum atomic E-state index is 0.877. The summed E-state index contributed by atoms with van der Waals surface area (Å²) in [6.45, 7) is 0. The molecule has 12 rings (SSSR count). The highest BCUT2D eigenvalue weighted by atomic mass is 16.3. The third-order valence-electron chi connectivity index (χ3n) is 12.5. The van der Waals surface area contributed by atoms with Gasteiger partial charge in [-0.1, -0.05) is 182 Å². The van der Waals surface area contributed by atoms with Gasteiger partial charge in [-0.25, -0.2) is 0 Å². The second-order valence-electron chi connectivity index (χ2n) is 16.0. The number of nitrogens with zero attached hydrogens (tertiary/aromatic N) is 1. The summed E-state index contributed by atoms with van der Waals surface area (Å²) in [4.78, 5) is 2.43. The fraction of sp³-hybridized carbons (Fsp3) is 0. The first-order valence-corrected chi connectivity index (χ1v) is 21.2. The van der Waals surface area contributed by atoms with E-state index in [-0.39, 0.29) is 0 Å². The van der Waals surface area contributed by atoms with Crippen molar-refractivity contribution in [2.75, 3.05) is 4.90 Å². The Labute approximate surface area is 360 Å². The van der Waals surface area contributed by atoms with Gasteiger partial charge < -0.3 is 9.32 Å². The van der Waals surface area contributed by atoms with E-state index in [4.69, 9.17) is 4.42 Å². The van der Waals surface area contributed by atoms with Gasteiger partial charge in [0.05, 0.1) is 5.69 Å². The number of hydrogen-bond donors (Lipinski definition) is 0. The van der Waals surface area contributed by atoms with Crippen LogP contribution in [0.5, 0.6) is 0 Å². The van der Waals surface area contributed by atoms with Crippen LogP contribution in [-0.4, -0.2) is 0 Å². The molecule has 0 radical (unpaired) electrons. The van der Waals surface area contributed by atoms with Crippen LogP contribution in [0, 0.1) is 0 Å². The van der Waals surface area contributed by atoms with Crippen LogP contribution < -0.4 is 4.90 Å². The average Bonchev–Trinajstić information content (AvgIpc) is 3.72. The number of fused-ring (bicyclic) bond motifs is 7.